The molecule has 5 heteroatoms. The standard InChI is InChI=1S/C11H14N2O3/c1-15-10-6-9(8-14)7-12-11(10)13-2-4-16-5-3-13/h6-8H,2-5H2,1H3. The van der Waals surface area contributed by atoms with Gasteiger partial charge in [-0.05, 0) is 6.07 Å². The summed E-state index contributed by atoms with van der Waals surface area (Å²) in [5, 5.41) is 0. The van der Waals surface area contributed by atoms with Gasteiger partial charge in [0.15, 0.2) is 17.9 Å². The molecule has 0 spiro atoms. The zero-order valence-corrected chi connectivity index (χ0v) is 9.18. The predicted octanol–water partition coefficient (Wildman–Crippen LogP) is 0.739. The molecule has 0 aliphatic carbocycles. The fourth-order valence-corrected chi connectivity index (χ4v) is 1.68. The highest BCUT2D eigenvalue weighted by atomic mass is 16.5. The summed E-state index contributed by atoms with van der Waals surface area (Å²) in [4.78, 5) is 17.0. The molecule has 0 amide bonds. The molecular formula is C11H14N2O3. The lowest BCUT2D eigenvalue weighted by molar-refractivity contribution is 0.112. The summed E-state index contributed by atoms with van der Waals surface area (Å²) in [7, 11) is 1.58. The van der Waals surface area contributed by atoms with Crippen LogP contribution in [0, 0.1) is 0 Å². The second kappa shape index (κ2) is 4.94. The lowest BCUT2D eigenvalue weighted by Crippen LogP contribution is -2.37. The van der Waals surface area contributed by atoms with Gasteiger partial charge in [0.1, 0.15) is 0 Å². The van der Waals surface area contributed by atoms with Crippen molar-refractivity contribution in [1.29, 1.82) is 0 Å². The van der Waals surface area contributed by atoms with Gasteiger partial charge in [0.05, 0.1) is 20.3 Å². The first-order valence-corrected chi connectivity index (χ1v) is 5.17. The minimum Gasteiger partial charge on any atom is -0.493 e. The summed E-state index contributed by atoms with van der Waals surface area (Å²) in [6, 6.07) is 1.70. The van der Waals surface area contributed by atoms with Crippen LogP contribution < -0.4 is 9.64 Å². The number of carbonyl (C=O) groups is 1. The summed E-state index contributed by atoms with van der Waals surface area (Å²) in [5.41, 5.74) is 0.522. The first-order chi connectivity index (χ1) is 7.85. The van der Waals surface area contributed by atoms with Crippen molar-refractivity contribution < 1.29 is 14.3 Å². The molecule has 0 unspecified atom stereocenters. The van der Waals surface area contributed by atoms with Gasteiger partial charge in [-0.25, -0.2) is 4.98 Å². The second-order valence-corrected chi connectivity index (χ2v) is 3.51. The normalized spacial score (nSPS) is 15.9. The van der Waals surface area contributed by atoms with E-state index in [9.17, 15) is 4.79 Å². The molecule has 0 atom stereocenters. The van der Waals surface area contributed by atoms with E-state index in [4.69, 9.17) is 9.47 Å². The van der Waals surface area contributed by atoms with Crippen molar-refractivity contribution >= 4 is 12.1 Å². The Morgan fingerprint density at radius 2 is 2.25 bits per heavy atom. The van der Waals surface area contributed by atoms with E-state index in [0.29, 0.717) is 24.5 Å². The maximum atomic E-state index is 10.6. The molecule has 16 heavy (non-hydrogen) atoms. The Morgan fingerprint density at radius 3 is 2.88 bits per heavy atom. The zero-order chi connectivity index (χ0) is 11.4. The van der Waals surface area contributed by atoms with Crippen LogP contribution >= 0.6 is 0 Å². The van der Waals surface area contributed by atoms with E-state index in [1.54, 1.807) is 19.4 Å². The number of nitrogens with zero attached hydrogens (tertiary/aromatic N) is 2. The SMILES string of the molecule is COc1cc(C=O)cnc1N1CCOCC1. The smallest absolute Gasteiger partial charge is 0.171 e. The van der Waals surface area contributed by atoms with Gasteiger partial charge in [-0.1, -0.05) is 0 Å². The van der Waals surface area contributed by atoms with Gasteiger partial charge in [-0.3, -0.25) is 4.79 Å². The number of ether oxygens (including phenoxy) is 2. The highest BCUT2D eigenvalue weighted by Crippen LogP contribution is 2.26. The number of aromatic nitrogens is 1. The number of carbonyl (C=O) groups excluding carboxylic acids is 1. The lowest BCUT2D eigenvalue weighted by atomic mass is 10.2. The number of anilines is 1. The van der Waals surface area contributed by atoms with Crippen molar-refractivity contribution in [2.24, 2.45) is 0 Å². The highest BCUT2D eigenvalue weighted by Gasteiger charge is 2.16. The van der Waals surface area contributed by atoms with E-state index in [-0.39, 0.29) is 0 Å². The van der Waals surface area contributed by atoms with Crippen LogP contribution in [0.1, 0.15) is 10.4 Å². The number of hydrogen-bond acceptors (Lipinski definition) is 5. The molecule has 0 aromatic carbocycles. The Labute approximate surface area is 94.0 Å². The van der Waals surface area contributed by atoms with Crippen LogP contribution in [0.4, 0.5) is 5.82 Å². The highest BCUT2D eigenvalue weighted by molar-refractivity contribution is 5.76. The van der Waals surface area contributed by atoms with Crippen LogP contribution in [-0.2, 0) is 4.74 Å². The van der Waals surface area contributed by atoms with Crippen molar-refractivity contribution in [2.45, 2.75) is 0 Å². The van der Waals surface area contributed by atoms with Gasteiger partial charge in [0, 0.05) is 24.8 Å². The molecule has 0 radical (unpaired) electrons. The summed E-state index contributed by atoms with van der Waals surface area (Å²) in [6.07, 6.45) is 2.32. The average molecular weight is 222 g/mol. The summed E-state index contributed by atoms with van der Waals surface area (Å²) < 4.78 is 10.5. The van der Waals surface area contributed by atoms with Crippen LogP contribution in [0.3, 0.4) is 0 Å². The Balaban J connectivity index is 2.27. The second-order valence-electron chi connectivity index (χ2n) is 3.51. The molecule has 1 aliphatic rings. The summed E-state index contributed by atoms with van der Waals surface area (Å²) >= 11 is 0. The van der Waals surface area contributed by atoms with E-state index >= 15 is 0 Å². The monoisotopic (exact) mass is 222 g/mol. The number of aldehydes is 1. The maximum Gasteiger partial charge on any atom is 0.171 e. The molecule has 2 rings (SSSR count). The van der Waals surface area contributed by atoms with Crippen molar-refractivity contribution in [3.05, 3.63) is 17.8 Å². The number of morpholine rings is 1. The molecule has 2 heterocycles. The number of pyridine rings is 1. The Morgan fingerprint density at radius 1 is 1.50 bits per heavy atom. The molecule has 0 bridgehead atoms. The Hall–Kier alpha value is -1.62. The van der Waals surface area contributed by atoms with Crippen molar-refractivity contribution in [3.63, 3.8) is 0 Å². The Kier molecular flexibility index (Phi) is 3.36. The van der Waals surface area contributed by atoms with Crippen molar-refractivity contribution in [1.82, 2.24) is 4.98 Å². The van der Waals surface area contributed by atoms with E-state index in [0.717, 1.165) is 25.2 Å². The van der Waals surface area contributed by atoms with E-state index in [1.807, 2.05) is 0 Å². The van der Waals surface area contributed by atoms with Crippen molar-refractivity contribution in [3.8, 4) is 5.75 Å². The molecule has 1 saturated heterocycles. The maximum absolute atomic E-state index is 10.6. The largest absolute Gasteiger partial charge is 0.493 e. The van der Waals surface area contributed by atoms with Crippen LogP contribution in [0.5, 0.6) is 5.75 Å². The fourth-order valence-electron chi connectivity index (χ4n) is 1.68. The van der Waals surface area contributed by atoms with Crippen LogP contribution in [0.25, 0.3) is 0 Å². The summed E-state index contributed by atoms with van der Waals surface area (Å²) in [6.45, 7) is 2.98. The average Bonchev–Trinajstić information content (AvgIpc) is 2.39. The molecule has 0 saturated carbocycles. The molecular weight excluding hydrogens is 208 g/mol. The first-order valence-electron chi connectivity index (χ1n) is 5.17. The number of methoxy groups -OCH3 is 1. The Bertz CT molecular complexity index is 375. The third kappa shape index (κ3) is 2.14. The molecule has 1 fully saturated rings. The molecule has 1 aliphatic heterocycles. The first kappa shape index (κ1) is 10.9. The van der Waals surface area contributed by atoms with Gasteiger partial charge in [-0.15, -0.1) is 0 Å². The summed E-state index contributed by atoms with van der Waals surface area (Å²) in [5.74, 6) is 1.41. The van der Waals surface area contributed by atoms with Crippen LogP contribution in [0.15, 0.2) is 12.3 Å². The quantitative estimate of drug-likeness (QED) is 0.706. The van der Waals surface area contributed by atoms with E-state index < -0.39 is 0 Å². The third-order valence-corrected chi connectivity index (χ3v) is 2.52. The molecule has 5 nitrogen and oxygen atoms in total. The van der Waals surface area contributed by atoms with Gasteiger partial charge in [-0.2, -0.15) is 0 Å². The van der Waals surface area contributed by atoms with Crippen molar-refractivity contribution in [2.75, 3.05) is 38.3 Å². The predicted molar refractivity (Wildman–Crippen MR) is 59.2 cm³/mol. The van der Waals surface area contributed by atoms with Gasteiger partial charge < -0.3 is 14.4 Å². The number of rotatable bonds is 3. The fraction of sp³-hybridized carbons (Fsp3) is 0.455. The van der Waals surface area contributed by atoms with E-state index in [2.05, 4.69) is 9.88 Å². The molecule has 86 valence electrons. The third-order valence-electron chi connectivity index (χ3n) is 2.52. The van der Waals surface area contributed by atoms with Gasteiger partial charge in [0.2, 0.25) is 0 Å². The molecule has 0 N–H and O–H groups in total. The van der Waals surface area contributed by atoms with Crippen LogP contribution in [0.2, 0.25) is 0 Å². The van der Waals surface area contributed by atoms with Crippen LogP contribution in [-0.4, -0.2) is 44.7 Å². The zero-order valence-electron chi connectivity index (χ0n) is 9.18. The topological polar surface area (TPSA) is 51.7 Å². The molecule has 1 aromatic rings. The minimum absolute atomic E-state index is 0.522. The lowest BCUT2D eigenvalue weighted by Gasteiger charge is -2.28. The minimum atomic E-state index is 0.522. The van der Waals surface area contributed by atoms with E-state index in [1.165, 1.54) is 0 Å². The van der Waals surface area contributed by atoms with Gasteiger partial charge >= 0.3 is 0 Å². The number of hydrogen-bond donors (Lipinski definition) is 0. The molecule has 1 aromatic heterocycles. The van der Waals surface area contributed by atoms with Gasteiger partial charge in [0.25, 0.3) is 0 Å².